The summed E-state index contributed by atoms with van der Waals surface area (Å²) in [5.41, 5.74) is 0.906. The van der Waals surface area contributed by atoms with Gasteiger partial charge in [0.2, 0.25) is 0 Å². The molecule has 5 heteroatoms. The zero-order valence-corrected chi connectivity index (χ0v) is 22.3. The van der Waals surface area contributed by atoms with E-state index in [0.29, 0.717) is 23.7 Å². The van der Waals surface area contributed by atoms with E-state index in [-0.39, 0.29) is 17.6 Å². The molecule has 1 heterocycles. The summed E-state index contributed by atoms with van der Waals surface area (Å²) >= 11 is 0. The number of benzene rings is 1. The Morgan fingerprint density at radius 1 is 0.889 bits per heavy atom. The lowest BCUT2D eigenvalue weighted by atomic mass is 9.80. The first-order valence-electron chi connectivity index (χ1n) is 14.2. The van der Waals surface area contributed by atoms with Crippen molar-refractivity contribution in [3.05, 3.63) is 42.3 Å². The number of carbonyl (C=O) groups is 1. The minimum Gasteiger partial charge on any atom is -0.492 e. The minimum absolute atomic E-state index is 0.0184. The number of ether oxygens (including phenoxy) is 2. The molecule has 0 atom stereocenters. The Morgan fingerprint density at radius 3 is 2.25 bits per heavy atom. The molecule has 3 rings (SSSR count). The van der Waals surface area contributed by atoms with Crippen LogP contribution in [0.3, 0.4) is 0 Å². The second kappa shape index (κ2) is 15.6. The molecule has 0 saturated heterocycles. The van der Waals surface area contributed by atoms with Gasteiger partial charge in [-0.2, -0.15) is 0 Å². The molecule has 4 nitrogen and oxygen atoms in total. The van der Waals surface area contributed by atoms with Gasteiger partial charge in [0.25, 0.3) is 0 Å². The summed E-state index contributed by atoms with van der Waals surface area (Å²) in [5.74, 6) is 1.12. The van der Waals surface area contributed by atoms with E-state index in [9.17, 15) is 9.18 Å². The van der Waals surface area contributed by atoms with Crippen molar-refractivity contribution in [2.75, 3.05) is 6.61 Å². The molecule has 1 fully saturated rings. The zero-order valence-electron chi connectivity index (χ0n) is 22.3. The van der Waals surface area contributed by atoms with Crippen LogP contribution in [0.2, 0.25) is 0 Å². The zero-order chi connectivity index (χ0) is 25.6. The van der Waals surface area contributed by atoms with Crippen molar-refractivity contribution < 1.29 is 18.7 Å². The Bertz CT molecular complexity index is 907. The number of esters is 1. The number of rotatable bonds is 15. The fraction of sp³-hybridized carbons (Fsp3) is 0.613. The van der Waals surface area contributed by atoms with Crippen LogP contribution < -0.4 is 9.47 Å². The molecular formula is C31H44FNO3. The Labute approximate surface area is 217 Å². The molecule has 1 aromatic heterocycles. The summed E-state index contributed by atoms with van der Waals surface area (Å²) in [6.45, 7) is 5.02. The average molecular weight is 498 g/mol. The molecule has 1 saturated carbocycles. The lowest BCUT2D eigenvalue weighted by molar-refractivity contribution is -0.140. The second-order valence-corrected chi connectivity index (χ2v) is 10.3. The van der Waals surface area contributed by atoms with Crippen molar-refractivity contribution in [3.63, 3.8) is 0 Å². The molecule has 0 amide bonds. The summed E-state index contributed by atoms with van der Waals surface area (Å²) in [7, 11) is 0. The van der Waals surface area contributed by atoms with Crippen molar-refractivity contribution in [1.82, 2.24) is 4.98 Å². The quantitative estimate of drug-likeness (QED) is 0.140. The lowest BCUT2D eigenvalue weighted by Crippen LogP contribution is -2.25. The van der Waals surface area contributed by atoms with Crippen molar-refractivity contribution in [2.45, 2.75) is 104 Å². The van der Waals surface area contributed by atoms with Crippen LogP contribution in [0.5, 0.6) is 11.5 Å². The summed E-state index contributed by atoms with van der Waals surface area (Å²) in [5, 5.41) is 0. The number of nitrogens with zero attached hydrogens (tertiary/aromatic N) is 1. The third-order valence-electron chi connectivity index (χ3n) is 7.32. The average Bonchev–Trinajstić information content (AvgIpc) is 2.89. The van der Waals surface area contributed by atoms with Crippen LogP contribution in [0.4, 0.5) is 4.39 Å². The summed E-state index contributed by atoms with van der Waals surface area (Å²) in [6.07, 6.45) is 17.9. The Morgan fingerprint density at radius 2 is 1.56 bits per heavy atom. The SMILES string of the molecule is CCCCCCCCOc1cnc(-c2ccc(OC(=O)C3CCC(CCCCC)CC3)cc2)c(F)c1. The Balaban J connectivity index is 1.44. The maximum absolute atomic E-state index is 14.7. The fourth-order valence-corrected chi connectivity index (χ4v) is 5.03. The first-order valence-corrected chi connectivity index (χ1v) is 14.2. The summed E-state index contributed by atoms with van der Waals surface area (Å²) < 4.78 is 26.0. The molecular weight excluding hydrogens is 453 g/mol. The van der Waals surface area contributed by atoms with Gasteiger partial charge in [-0.25, -0.2) is 9.37 Å². The maximum Gasteiger partial charge on any atom is 0.314 e. The van der Waals surface area contributed by atoms with Gasteiger partial charge in [-0.15, -0.1) is 0 Å². The lowest BCUT2D eigenvalue weighted by Gasteiger charge is -2.27. The van der Waals surface area contributed by atoms with Crippen LogP contribution in [-0.2, 0) is 4.79 Å². The molecule has 0 N–H and O–H groups in total. The smallest absolute Gasteiger partial charge is 0.314 e. The number of halogens is 1. The minimum atomic E-state index is -0.420. The van der Waals surface area contributed by atoms with Gasteiger partial charge in [0.05, 0.1) is 18.7 Å². The van der Waals surface area contributed by atoms with Crippen LogP contribution in [-0.4, -0.2) is 17.6 Å². The van der Waals surface area contributed by atoms with Crippen molar-refractivity contribution in [3.8, 4) is 22.8 Å². The molecule has 2 aromatic rings. The largest absolute Gasteiger partial charge is 0.492 e. The molecule has 1 aromatic carbocycles. The van der Waals surface area contributed by atoms with Crippen molar-refractivity contribution in [1.29, 1.82) is 0 Å². The van der Waals surface area contributed by atoms with Gasteiger partial charge in [0.1, 0.15) is 17.2 Å². The molecule has 0 aliphatic heterocycles. The molecule has 0 bridgehead atoms. The predicted molar refractivity (Wildman–Crippen MR) is 144 cm³/mol. The molecule has 36 heavy (non-hydrogen) atoms. The highest BCUT2D eigenvalue weighted by Crippen LogP contribution is 2.33. The van der Waals surface area contributed by atoms with Gasteiger partial charge in [-0.1, -0.05) is 71.6 Å². The van der Waals surface area contributed by atoms with E-state index in [0.717, 1.165) is 44.4 Å². The highest BCUT2D eigenvalue weighted by atomic mass is 19.1. The van der Waals surface area contributed by atoms with Gasteiger partial charge >= 0.3 is 5.97 Å². The first kappa shape index (κ1) is 28.1. The van der Waals surface area contributed by atoms with Crippen LogP contribution >= 0.6 is 0 Å². The van der Waals surface area contributed by atoms with Crippen molar-refractivity contribution >= 4 is 5.97 Å². The molecule has 0 spiro atoms. The van der Waals surface area contributed by atoms with Gasteiger partial charge in [-0.3, -0.25) is 4.79 Å². The van der Waals surface area contributed by atoms with Crippen LogP contribution in [0, 0.1) is 17.7 Å². The fourth-order valence-electron chi connectivity index (χ4n) is 5.03. The highest BCUT2D eigenvalue weighted by molar-refractivity contribution is 5.75. The van der Waals surface area contributed by atoms with E-state index in [1.54, 1.807) is 30.5 Å². The van der Waals surface area contributed by atoms with Crippen LogP contribution in [0.15, 0.2) is 36.5 Å². The number of aromatic nitrogens is 1. The van der Waals surface area contributed by atoms with E-state index >= 15 is 0 Å². The molecule has 198 valence electrons. The summed E-state index contributed by atoms with van der Waals surface area (Å²) in [4.78, 5) is 16.9. The molecule has 0 radical (unpaired) electrons. The standard InChI is InChI=1S/C31H44FNO3/c1-3-5-7-8-9-11-21-35-28-22-29(32)30(33-23-28)25-17-19-27(20-18-25)36-31(34)26-15-13-24(14-16-26)12-10-6-4-2/h17-20,22-24,26H,3-16,21H2,1-2H3. The van der Waals surface area contributed by atoms with E-state index in [1.807, 2.05) is 0 Å². The number of pyridine rings is 1. The van der Waals surface area contributed by atoms with Gasteiger partial charge in [0, 0.05) is 11.6 Å². The van der Waals surface area contributed by atoms with Crippen LogP contribution in [0.25, 0.3) is 11.3 Å². The normalized spacial score (nSPS) is 17.6. The Kier molecular flexibility index (Phi) is 12.2. The Hall–Kier alpha value is -2.43. The highest BCUT2D eigenvalue weighted by Gasteiger charge is 2.27. The number of hydrogen-bond acceptors (Lipinski definition) is 4. The topological polar surface area (TPSA) is 48.4 Å². The monoisotopic (exact) mass is 497 g/mol. The number of unbranched alkanes of at least 4 members (excludes halogenated alkanes) is 7. The molecule has 1 aliphatic rings. The molecule has 0 unspecified atom stereocenters. The van der Waals surface area contributed by atoms with Gasteiger partial charge < -0.3 is 9.47 Å². The molecule has 1 aliphatic carbocycles. The summed E-state index contributed by atoms with van der Waals surface area (Å²) in [6, 6.07) is 8.32. The van der Waals surface area contributed by atoms with E-state index in [2.05, 4.69) is 18.8 Å². The van der Waals surface area contributed by atoms with Gasteiger partial charge in [0.15, 0.2) is 5.82 Å². The third-order valence-corrected chi connectivity index (χ3v) is 7.32. The van der Waals surface area contributed by atoms with Gasteiger partial charge in [-0.05, 0) is 62.3 Å². The predicted octanol–water partition coefficient (Wildman–Crippen LogP) is 8.92. The maximum atomic E-state index is 14.7. The second-order valence-electron chi connectivity index (χ2n) is 10.3. The van der Waals surface area contributed by atoms with E-state index in [4.69, 9.17) is 9.47 Å². The van der Waals surface area contributed by atoms with E-state index in [1.165, 1.54) is 57.4 Å². The third kappa shape index (κ3) is 9.22. The van der Waals surface area contributed by atoms with E-state index < -0.39 is 5.82 Å². The van der Waals surface area contributed by atoms with Crippen molar-refractivity contribution in [2.24, 2.45) is 11.8 Å². The number of carbonyl (C=O) groups excluding carboxylic acids is 1. The first-order chi connectivity index (χ1) is 17.6. The van der Waals surface area contributed by atoms with Crippen LogP contribution in [0.1, 0.15) is 104 Å². The number of hydrogen-bond donors (Lipinski definition) is 0.